The molecule has 1 amide bonds. The molecule has 0 bridgehead atoms. The molecule has 6 nitrogen and oxygen atoms in total. The maximum Gasteiger partial charge on any atom is 0.263 e. The lowest BCUT2D eigenvalue weighted by Crippen LogP contribution is -2.34. The molecule has 2 aromatic carbocycles. The van der Waals surface area contributed by atoms with Gasteiger partial charge in [0.2, 0.25) is 0 Å². The van der Waals surface area contributed by atoms with Crippen LogP contribution in [0.5, 0.6) is 0 Å². The van der Waals surface area contributed by atoms with E-state index in [4.69, 9.17) is 0 Å². The van der Waals surface area contributed by atoms with Crippen LogP contribution in [0.15, 0.2) is 58.7 Å². The molecule has 4 aromatic rings. The van der Waals surface area contributed by atoms with Gasteiger partial charge in [0, 0.05) is 10.4 Å². The summed E-state index contributed by atoms with van der Waals surface area (Å²) in [6, 6.07) is 13.2. The number of hydrogen-bond acceptors (Lipinski definition) is 5. The molecule has 0 spiro atoms. The Bertz CT molecular complexity index is 1410. The molecule has 32 heavy (non-hydrogen) atoms. The van der Waals surface area contributed by atoms with E-state index in [9.17, 15) is 9.59 Å². The quantitative estimate of drug-likeness (QED) is 0.373. The highest BCUT2D eigenvalue weighted by molar-refractivity contribution is 7.18. The third kappa shape index (κ3) is 3.62. The molecular weight excluding hydrogens is 420 g/mol. The van der Waals surface area contributed by atoms with Crippen LogP contribution in [-0.4, -0.2) is 21.7 Å². The van der Waals surface area contributed by atoms with Crippen molar-refractivity contribution in [3.8, 4) is 0 Å². The Balaban J connectivity index is 1.38. The number of aromatic nitrogens is 2. The molecule has 0 fully saturated rings. The van der Waals surface area contributed by atoms with Crippen LogP contribution in [0.25, 0.3) is 21.0 Å². The van der Waals surface area contributed by atoms with E-state index in [0.717, 1.165) is 46.0 Å². The summed E-state index contributed by atoms with van der Waals surface area (Å²) in [6.45, 7) is 3.93. The first-order chi connectivity index (χ1) is 15.5. The van der Waals surface area contributed by atoms with Crippen LogP contribution in [0.2, 0.25) is 0 Å². The van der Waals surface area contributed by atoms with Gasteiger partial charge in [-0.05, 0) is 48.4 Å². The van der Waals surface area contributed by atoms with E-state index in [1.807, 2.05) is 42.5 Å². The van der Waals surface area contributed by atoms with E-state index in [1.165, 1.54) is 15.8 Å². The Morgan fingerprint density at radius 2 is 2.09 bits per heavy atom. The van der Waals surface area contributed by atoms with Gasteiger partial charge in [0.15, 0.2) is 0 Å². The molecular formula is C25H24N4O2S. The zero-order valence-corrected chi connectivity index (χ0v) is 18.9. The highest BCUT2D eigenvalue weighted by Crippen LogP contribution is 2.35. The van der Waals surface area contributed by atoms with Crippen molar-refractivity contribution >= 4 is 44.4 Å². The molecule has 5 rings (SSSR count). The molecule has 7 heteroatoms. The van der Waals surface area contributed by atoms with Crippen molar-refractivity contribution in [3.63, 3.8) is 0 Å². The van der Waals surface area contributed by atoms with Crippen molar-refractivity contribution in [2.24, 2.45) is 11.0 Å². The number of nitrogens with zero attached hydrogens (tertiary/aromatic N) is 3. The summed E-state index contributed by atoms with van der Waals surface area (Å²) in [4.78, 5) is 32.5. The normalized spacial score (nSPS) is 17.0. The fraction of sp³-hybridized carbons (Fsp3) is 0.280. The second kappa shape index (κ2) is 8.31. The summed E-state index contributed by atoms with van der Waals surface area (Å²) in [6.07, 6.45) is 6.08. The van der Waals surface area contributed by atoms with Crippen molar-refractivity contribution in [2.75, 3.05) is 0 Å². The topological polar surface area (TPSA) is 76.3 Å². The molecule has 0 aliphatic heterocycles. The molecule has 0 saturated heterocycles. The third-order valence-corrected chi connectivity index (χ3v) is 7.40. The number of aryl methyl sites for hydroxylation is 1. The van der Waals surface area contributed by atoms with E-state index in [1.54, 1.807) is 24.5 Å². The Hall–Kier alpha value is -3.32. The van der Waals surface area contributed by atoms with Gasteiger partial charge in [-0.2, -0.15) is 5.10 Å². The number of hydrogen-bond donors (Lipinski definition) is 1. The molecule has 1 aliphatic rings. The first-order valence-electron chi connectivity index (χ1n) is 10.8. The zero-order chi connectivity index (χ0) is 22.2. The number of carbonyl (C=O) groups excluding carboxylic acids is 1. The molecule has 1 N–H and O–H groups in total. The number of rotatable bonds is 4. The number of amides is 1. The largest absolute Gasteiger partial charge is 0.286 e. The standard InChI is InChI=1S/C25H24N4O2S/c1-15-10-11-20-21(12-15)32-24-22(20)25(31)29(14-26-24)16(2)23(30)28-27-13-18-8-5-7-17-6-3-4-9-19(17)18/h3-9,13-16H,10-12H2,1-2H3,(H,28,30)/b27-13-/t15-,16+/m1/s1. The van der Waals surface area contributed by atoms with Crippen LogP contribution in [0.1, 0.15) is 42.3 Å². The summed E-state index contributed by atoms with van der Waals surface area (Å²) >= 11 is 1.61. The van der Waals surface area contributed by atoms with Crippen LogP contribution in [0.4, 0.5) is 0 Å². The van der Waals surface area contributed by atoms with Crippen LogP contribution in [-0.2, 0) is 17.6 Å². The second-order valence-electron chi connectivity index (χ2n) is 8.47. The summed E-state index contributed by atoms with van der Waals surface area (Å²) in [5, 5.41) is 6.99. The molecule has 2 heterocycles. The van der Waals surface area contributed by atoms with E-state index in [0.29, 0.717) is 11.3 Å². The summed E-state index contributed by atoms with van der Waals surface area (Å²) in [5.74, 6) is 0.268. The van der Waals surface area contributed by atoms with Crippen molar-refractivity contribution in [2.45, 2.75) is 39.2 Å². The van der Waals surface area contributed by atoms with Crippen LogP contribution in [0, 0.1) is 5.92 Å². The van der Waals surface area contributed by atoms with E-state index in [2.05, 4.69) is 22.4 Å². The maximum atomic E-state index is 13.2. The van der Waals surface area contributed by atoms with E-state index >= 15 is 0 Å². The van der Waals surface area contributed by atoms with Crippen molar-refractivity contribution in [3.05, 3.63) is 75.1 Å². The van der Waals surface area contributed by atoms with Crippen LogP contribution >= 0.6 is 11.3 Å². The molecule has 2 atom stereocenters. The van der Waals surface area contributed by atoms with Gasteiger partial charge in [0.05, 0.1) is 17.9 Å². The number of fused-ring (bicyclic) bond motifs is 4. The number of nitrogens with one attached hydrogen (secondary N) is 1. The summed E-state index contributed by atoms with van der Waals surface area (Å²) < 4.78 is 1.41. The number of thiophene rings is 1. The van der Waals surface area contributed by atoms with Gasteiger partial charge >= 0.3 is 0 Å². The van der Waals surface area contributed by atoms with Gasteiger partial charge < -0.3 is 0 Å². The van der Waals surface area contributed by atoms with Crippen molar-refractivity contribution in [1.82, 2.24) is 15.0 Å². The lowest BCUT2D eigenvalue weighted by Gasteiger charge is -2.18. The molecule has 162 valence electrons. The zero-order valence-electron chi connectivity index (χ0n) is 18.0. The Kier molecular flexibility index (Phi) is 5.35. The summed E-state index contributed by atoms with van der Waals surface area (Å²) in [7, 11) is 0. The highest BCUT2D eigenvalue weighted by Gasteiger charge is 2.25. The lowest BCUT2D eigenvalue weighted by molar-refractivity contribution is -0.123. The van der Waals surface area contributed by atoms with Crippen molar-refractivity contribution in [1.29, 1.82) is 0 Å². The second-order valence-corrected chi connectivity index (χ2v) is 9.55. The Morgan fingerprint density at radius 3 is 2.97 bits per heavy atom. The maximum absolute atomic E-state index is 13.2. The van der Waals surface area contributed by atoms with Gasteiger partial charge in [0.25, 0.3) is 11.5 Å². The predicted octanol–water partition coefficient (Wildman–Crippen LogP) is 4.45. The first kappa shape index (κ1) is 20.6. The smallest absolute Gasteiger partial charge is 0.263 e. The molecule has 1 aliphatic carbocycles. The Morgan fingerprint density at radius 1 is 1.28 bits per heavy atom. The van der Waals surface area contributed by atoms with E-state index in [-0.39, 0.29) is 11.5 Å². The van der Waals surface area contributed by atoms with Gasteiger partial charge in [-0.1, -0.05) is 49.4 Å². The van der Waals surface area contributed by atoms with Gasteiger partial charge in [-0.3, -0.25) is 14.2 Å². The third-order valence-electron chi connectivity index (χ3n) is 6.24. The van der Waals surface area contributed by atoms with Gasteiger partial charge in [-0.15, -0.1) is 11.3 Å². The highest BCUT2D eigenvalue weighted by atomic mass is 32.1. The average Bonchev–Trinajstić information content (AvgIpc) is 3.17. The minimum Gasteiger partial charge on any atom is -0.286 e. The number of carbonyl (C=O) groups is 1. The summed E-state index contributed by atoms with van der Waals surface area (Å²) in [5.41, 5.74) is 4.46. The molecule has 0 radical (unpaired) electrons. The van der Waals surface area contributed by atoms with Crippen molar-refractivity contribution < 1.29 is 4.79 Å². The van der Waals surface area contributed by atoms with Crippen LogP contribution in [0.3, 0.4) is 0 Å². The molecule has 0 saturated carbocycles. The predicted molar refractivity (Wildman–Crippen MR) is 129 cm³/mol. The minimum atomic E-state index is -0.720. The van der Waals surface area contributed by atoms with Crippen LogP contribution < -0.4 is 11.0 Å². The number of benzene rings is 2. The number of hydrazone groups is 1. The fourth-order valence-corrected chi connectivity index (χ4v) is 5.71. The van der Waals surface area contributed by atoms with E-state index < -0.39 is 6.04 Å². The lowest BCUT2D eigenvalue weighted by atomic mass is 9.89. The van der Waals surface area contributed by atoms with Gasteiger partial charge in [-0.25, -0.2) is 10.4 Å². The first-order valence-corrected chi connectivity index (χ1v) is 11.7. The average molecular weight is 445 g/mol. The molecule has 2 aromatic heterocycles. The van der Waals surface area contributed by atoms with Gasteiger partial charge in [0.1, 0.15) is 10.9 Å². The minimum absolute atomic E-state index is 0.150. The SMILES string of the molecule is C[C@@H]1CCc2c(sc3ncn([C@@H](C)C(=O)N/N=C\c4cccc5ccccc45)c(=O)c23)C1. The fourth-order valence-electron chi connectivity index (χ4n) is 4.37. The molecule has 0 unspecified atom stereocenters. The monoisotopic (exact) mass is 444 g/mol. The Labute approximate surface area is 189 Å².